The number of carboxylic acids is 1. The van der Waals surface area contributed by atoms with Crippen LogP contribution in [-0.4, -0.2) is 10.5 Å². The third-order valence-corrected chi connectivity index (χ3v) is 4.12. The molecule has 0 amide bonds. The van der Waals surface area contributed by atoms with Crippen molar-refractivity contribution in [1.82, 2.24) is 4.57 Å². The zero-order valence-corrected chi connectivity index (χ0v) is 13.4. The van der Waals surface area contributed by atoms with Crippen LogP contribution in [-0.2, 0) is 4.79 Å². The topological polar surface area (TPSA) is 68.8 Å². The first-order valence-electron chi connectivity index (χ1n) is 7.53. The lowest BCUT2D eigenvalue weighted by molar-refractivity contribution is -0.298. The van der Waals surface area contributed by atoms with E-state index in [0.717, 1.165) is 27.8 Å². The Morgan fingerprint density at radius 3 is 2.58 bits per heavy atom. The molecular formula is C20H15N2O2-. The van der Waals surface area contributed by atoms with Crippen LogP contribution in [0.2, 0.25) is 0 Å². The molecular weight excluding hydrogens is 300 g/mol. The molecule has 0 bridgehead atoms. The van der Waals surface area contributed by atoms with E-state index in [-0.39, 0.29) is 5.57 Å². The molecule has 1 aromatic heterocycles. The molecule has 3 rings (SSSR count). The summed E-state index contributed by atoms with van der Waals surface area (Å²) in [6.45, 7) is 3.86. The Labute approximate surface area is 139 Å². The van der Waals surface area contributed by atoms with Crippen molar-refractivity contribution in [2.45, 2.75) is 13.8 Å². The van der Waals surface area contributed by atoms with E-state index in [2.05, 4.69) is 22.8 Å². The summed E-state index contributed by atoms with van der Waals surface area (Å²) in [5, 5.41) is 22.2. The number of nitrogens with zero attached hydrogens (tertiary/aromatic N) is 2. The maximum Gasteiger partial charge on any atom is 0.101 e. The lowest BCUT2D eigenvalue weighted by atomic mass is 10.1. The van der Waals surface area contributed by atoms with E-state index < -0.39 is 5.97 Å². The highest BCUT2D eigenvalue weighted by molar-refractivity contribution is 5.95. The minimum atomic E-state index is -1.47. The molecule has 0 spiro atoms. The maximum atomic E-state index is 11.0. The number of aliphatic carboxylic acids is 1. The molecule has 118 valence electrons. The second kappa shape index (κ2) is 6.05. The van der Waals surface area contributed by atoms with Gasteiger partial charge in [-0.3, -0.25) is 0 Å². The number of benzene rings is 2. The number of fused-ring (bicyclic) bond motifs is 1. The van der Waals surface area contributed by atoms with Crippen molar-refractivity contribution < 1.29 is 9.90 Å². The van der Waals surface area contributed by atoms with E-state index in [1.807, 2.05) is 44.2 Å². The molecule has 4 nitrogen and oxygen atoms in total. The Hall–Kier alpha value is -3.32. The van der Waals surface area contributed by atoms with Gasteiger partial charge in [-0.25, -0.2) is 0 Å². The number of carbonyl (C=O) groups excluding carboxylic acids is 1. The van der Waals surface area contributed by atoms with Gasteiger partial charge in [-0.05, 0) is 43.0 Å². The fourth-order valence-electron chi connectivity index (χ4n) is 3.00. The van der Waals surface area contributed by atoms with Gasteiger partial charge in [0.15, 0.2) is 0 Å². The van der Waals surface area contributed by atoms with E-state index in [4.69, 9.17) is 5.26 Å². The van der Waals surface area contributed by atoms with Crippen molar-refractivity contribution >= 4 is 22.8 Å². The van der Waals surface area contributed by atoms with Crippen LogP contribution in [0.3, 0.4) is 0 Å². The molecule has 0 aliphatic carbocycles. The summed E-state index contributed by atoms with van der Waals surface area (Å²) in [5.74, 6) is -1.47. The van der Waals surface area contributed by atoms with Gasteiger partial charge in [-0.2, -0.15) is 5.26 Å². The molecule has 0 saturated carbocycles. The highest BCUT2D eigenvalue weighted by atomic mass is 16.4. The Morgan fingerprint density at radius 2 is 1.88 bits per heavy atom. The third-order valence-electron chi connectivity index (χ3n) is 4.12. The van der Waals surface area contributed by atoms with Crippen LogP contribution in [0.4, 0.5) is 0 Å². The summed E-state index contributed by atoms with van der Waals surface area (Å²) in [6.07, 6.45) is 1.36. The van der Waals surface area contributed by atoms with Crippen LogP contribution < -0.4 is 5.11 Å². The van der Waals surface area contributed by atoms with Gasteiger partial charge in [-0.1, -0.05) is 36.4 Å². The number of carbonyl (C=O) groups is 1. The standard InChI is InChI=1S/C20H16N2O2/c1-13-10-16(11-17(12-21)20(23)24)14(2)22(13)19-9-5-7-15-6-3-4-8-18(15)19/h3-11H,1-2H3,(H,23,24)/p-1/b17-11+. The van der Waals surface area contributed by atoms with E-state index in [1.165, 1.54) is 6.08 Å². The predicted octanol–water partition coefficient (Wildman–Crippen LogP) is 2.90. The number of hydrogen-bond acceptors (Lipinski definition) is 3. The molecule has 0 N–H and O–H groups in total. The van der Waals surface area contributed by atoms with Crippen LogP contribution in [0.25, 0.3) is 22.5 Å². The Kier molecular flexibility index (Phi) is 3.93. The number of rotatable bonds is 3. The molecule has 4 heteroatoms. The summed E-state index contributed by atoms with van der Waals surface area (Å²) >= 11 is 0. The van der Waals surface area contributed by atoms with Crippen LogP contribution in [0, 0.1) is 25.2 Å². The molecule has 0 fully saturated rings. The number of nitriles is 1. The second-order valence-corrected chi connectivity index (χ2v) is 5.62. The van der Waals surface area contributed by atoms with Crippen LogP contribution >= 0.6 is 0 Å². The Morgan fingerprint density at radius 1 is 1.17 bits per heavy atom. The lowest BCUT2D eigenvalue weighted by Gasteiger charge is -2.13. The maximum absolute atomic E-state index is 11.0. The van der Waals surface area contributed by atoms with Crippen molar-refractivity contribution in [2.24, 2.45) is 0 Å². The third kappa shape index (κ3) is 2.57. The zero-order chi connectivity index (χ0) is 17.3. The summed E-state index contributed by atoms with van der Waals surface area (Å²) in [5.41, 5.74) is 3.17. The molecule has 0 saturated heterocycles. The normalized spacial score (nSPS) is 11.5. The number of aryl methyl sites for hydroxylation is 1. The molecule has 0 atom stereocenters. The molecule has 0 radical (unpaired) electrons. The van der Waals surface area contributed by atoms with Gasteiger partial charge in [0.1, 0.15) is 6.07 Å². The number of hydrogen-bond donors (Lipinski definition) is 0. The first kappa shape index (κ1) is 15.6. The van der Waals surface area contributed by atoms with Gasteiger partial charge in [-0.15, -0.1) is 0 Å². The minimum absolute atomic E-state index is 0.381. The largest absolute Gasteiger partial charge is 0.544 e. The van der Waals surface area contributed by atoms with Crippen LogP contribution in [0.1, 0.15) is 17.0 Å². The average Bonchev–Trinajstić information content (AvgIpc) is 2.85. The highest BCUT2D eigenvalue weighted by Crippen LogP contribution is 2.28. The summed E-state index contributed by atoms with van der Waals surface area (Å²) in [7, 11) is 0. The SMILES string of the molecule is Cc1cc(/C=C(\C#N)C(=O)[O-])c(C)n1-c1cccc2ccccc12. The molecule has 2 aromatic carbocycles. The van der Waals surface area contributed by atoms with Gasteiger partial charge >= 0.3 is 0 Å². The van der Waals surface area contributed by atoms with E-state index >= 15 is 0 Å². The fourth-order valence-corrected chi connectivity index (χ4v) is 3.00. The monoisotopic (exact) mass is 315 g/mol. The Bertz CT molecular complexity index is 1010. The fraction of sp³-hybridized carbons (Fsp3) is 0.100. The van der Waals surface area contributed by atoms with E-state index in [1.54, 1.807) is 6.07 Å². The second-order valence-electron chi connectivity index (χ2n) is 5.62. The smallest absolute Gasteiger partial charge is 0.101 e. The summed E-state index contributed by atoms with van der Waals surface area (Å²) in [6, 6.07) is 17.7. The van der Waals surface area contributed by atoms with Gasteiger partial charge < -0.3 is 14.5 Å². The van der Waals surface area contributed by atoms with Crippen LogP contribution in [0.5, 0.6) is 0 Å². The molecule has 3 aromatic rings. The lowest BCUT2D eigenvalue weighted by Crippen LogP contribution is -2.23. The molecule has 0 unspecified atom stereocenters. The first-order chi connectivity index (χ1) is 11.5. The highest BCUT2D eigenvalue weighted by Gasteiger charge is 2.12. The minimum Gasteiger partial charge on any atom is -0.544 e. The molecule has 24 heavy (non-hydrogen) atoms. The molecule has 0 aliphatic heterocycles. The van der Waals surface area contributed by atoms with Crippen molar-refractivity contribution in [1.29, 1.82) is 5.26 Å². The van der Waals surface area contributed by atoms with Gasteiger partial charge in [0.05, 0.1) is 17.2 Å². The number of aromatic nitrogens is 1. The van der Waals surface area contributed by atoms with Gasteiger partial charge in [0, 0.05) is 16.8 Å². The van der Waals surface area contributed by atoms with Crippen molar-refractivity contribution in [2.75, 3.05) is 0 Å². The zero-order valence-electron chi connectivity index (χ0n) is 13.4. The molecule has 1 heterocycles. The average molecular weight is 315 g/mol. The van der Waals surface area contributed by atoms with Crippen molar-refractivity contribution in [3.05, 3.63) is 71.1 Å². The number of carboxylic acid groups (broad SMARTS) is 1. The van der Waals surface area contributed by atoms with Crippen molar-refractivity contribution in [3.63, 3.8) is 0 Å². The van der Waals surface area contributed by atoms with Crippen molar-refractivity contribution in [3.8, 4) is 11.8 Å². The Balaban J connectivity index is 2.24. The quantitative estimate of drug-likeness (QED) is 0.551. The molecule has 0 aliphatic rings. The van der Waals surface area contributed by atoms with E-state index in [0.29, 0.717) is 5.56 Å². The predicted molar refractivity (Wildman–Crippen MR) is 91.3 cm³/mol. The van der Waals surface area contributed by atoms with Gasteiger partial charge in [0.25, 0.3) is 0 Å². The first-order valence-corrected chi connectivity index (χ1v) is 7.53. The summed E-state index contributed by atoms with van der Waals surface area (Å²) < 4.78 is 2.07. The van der Waals surface area contributed by atoms with Gasteiger partial charge in [0.2, 0.25) is 0 Å². The summed E-state index contributed by atoms with van der Waals surface area (Å²) in [4.78, 5) is 11.0. The van der Waals surface area contributed by atoms with Crippen LogP contribution in [0.15, 0.2) is 54.1 Å². The van der Waals surface area contributed by atoms with E-state index in [9.17, 15) is 9.90 Å².